The summed E-state index contributed by atoms with van der Waals surface area (Å²) in [5.74, 6) is -0.310. The molecule has 2 amide bonds. The van der Waals surface area contributed by atoms with Crippen LogP contribution in [0.15, 0.2) is 24.3 Å². The summed E-state index contributed by atoms with van der Waals surface area (Å²) >= 11 is 0. The highest BCUT2D eigenvalue weighted by Crippen LogP contribution is 2.19. The zero-order valence-electron chi connectivity index (χ0n) is 10.4. The minimum atomic E-state index is -0.164. The third-order valence-corrected chi connectivity index (χ3v) is 2.40. The van der Waals surface area contributed by atoms with Gasteiger partial charge in [0.15, 0.2) is 0 Å². The molecule has 0 aliphatic rings. The van der Waals surface area contributed by atoms with E-state index in [2.05, 4.69) is 5.32 Å². The summed E-state index contributed by atoms with van der Waals surface area (Å²) in [7, 11) is 0. The number of carbonyl (C=O) groups is 2. The van der Waals surface area contributed by atoms with Gasteiger partial charge in [-0.25, -0.2) is 0 Å². The summed E-state index contributed by atoms with van der Waals surface area (Å²) in [4.78, 5) is 23.9. The second-order valence-electron chi connectivity index (χ2n) is 3.78. The quantitative estimate of drug-likeness (QED) is 0.861. The van der Waals surface area contributed by atoms with Crippen molar-refractivity contribution in [3.8, 4) is 6.07 Å². The first-order valence-electron chi connectivity index (χ1n) is 5.58. The van der Waals surface area contributed by atoms with E-state index in [0.29, 0.717) is 24.3 Å². The molecule has 0 unspecified atom stereocenters. The van der Waals surface area contributed by atoms with Crippen molar-refractivity contribution in [2.24, 2.45) is 0 Å². The van der Waals surface area contributed by atoms with Crippen molar-refractivity contribution in [1.82, 2.24) is 5.32 Å². The summed E-state index contributed by atoms with van der Waals surface area (Å²) < 4.78 is 0. The minimum absolute atomic E-state index is 0.146. The lowest BCUT2D eigenvalue weighted by atomic mass is 10.1. The Morgan fingerprint density at radius 1 is 1.33 bits per heavy atom. The molecular formula is C13H15N3O2. The molecule has 0 aliphatic heterocycles. The average molecular weight is 245 g/mol. The van der Waals surface area contributed by atoms with Crippen LogP contribution in [0.5, 0.6) is 0 Å². The Balaban J connectivity index is 2.88. The van der Waals surface area contributed by atoms with Gasteiger partial charge in [0.05, 0.1) is 11.3 Å². The number of anilines is 1. The number of nitrogens with zero attached hydrogens (tertiary/aromatic N) is 2. The van der Waals surface area contributed by atoms with Crippen molar-refractivity contribution in [2.45, 2.75) is 13.8 Å². The Labute approximate surface area is 106 Å². The molecule has 0 radical (unpaired) electrons. The van der Waals surface area contributed by atoms with Gasteiger partial charge < -0.3 is 10.2 Å². The van der Waals surface area contributed by atoms with Gasteiger partial charge in [-0.1, -0.05) is 12.1 Å². The largest absolute Gasteiger partial charge is 0.355 e. The average Bonchev–Trinajstić information content (AvgIpc) is 2.34. The molecule has 1 aromatic rings. The van der Waals surface area contributed by atoms with E-state index in [9.17, 15) is 9.59 Å². The van der Waals surface area contributed by atoms with Crippen molar-refractivity contribution >= 4 is 17.5 Å². The minimum Gasteiger partial charge on any atom is -0.355 e. The van der Waals surface area contributed by atoms with Crippen LogP contribution in [-0.2, 0) is 9.59 Å². The molecule has 0 saturated heterocycles. The fraction of sp³-hybridized carbons (Fsp3) is 0.308. The van der Waals surface area contributed by atoms with E-state index in [1.165, 1.54) is 18.7 Å². The molecule has 5 heteroatoms. The van der Waals surface area contributed by atoms with Crippen LogP contribution in [-0.4, -0.2) is 24.9 Å². The zero-order valence-corrected chi connectivity index (χ0v) is 10.4. The van der Waals surface area contributed by atoms with E-state index in [-0.39, 0.29) is 11.8 Å². The monoisotopic (exact) mass is 245 g/mol. The fourth-order valence-corrected chi connectivity index (χ4v) is 1.59. The van der Waals surface area contributed by atoms with E-state index in [4.69, 9.17) is 5.26 Å². The molecule has 1 rings (SSSR count). The summed E-state index contributed by atoms with van der Waals surface area (Å²) in [6, 6.07) is 8.93. The Kier molecular flexibility index (Phi) is 4.88. The third kappa shape index (κ3) is 3.59. The molecule has 18 heavy (non-hydrogen) atoms. The number of hydrogen-bond acceptors (Lipinski definition) is 3. The topological polar surface area (TPSA) is 73.2 Å². The molecule has 94 valence electrons. The molecule has 1 aromatic carbocycles. The van der Waals surface area contributed by atoms with Gasteiger partial charge in [0.1, 0.15) is 6.07 Å². The summed E-state index contributed by atoms with van der Waals surface area (Å²) in [5.41, 5.74) is 1.01. The zero-order chi connectivity index (χ0) is 13.5. The maximum Gasteiger partial charge on any atom is 0.223 e. The highest BCUT2D eigenvalue weighted by Gasteiger charge is 2.14. The van der Waals surface area contributed by atoms with Crippen molar-refractivity contribution < 1.29 is 9.59 Å². The smallest absolute Gasteiger partial charge is 0.223 e. The first kappa shape index (κ1) is 13.7. The molecule has 0 atom stereocenters. The predicted molar refractivity (Wildman–Crippen MR) is 67.9 cm³/mol. The number of nitrogens with one attached hydrogen (secondary N) is 1. The van der Waals surface area contributed by atoms with E-state index in [1.54, 1.807) is 24.3 Å². The van der Waals surface area contributed by atoms with Gasteiger partial charge in [-0.3, -0.25) is 9.59 Å². The number of para-hydroxylation sites is 1. The Morgan fingerprint density at radius 2 is 2.00 bits per heavy atom. The predicted octanol–water partition coefficient (Wildman–Crippen LogP) is 1.05. The maximum absolute atomic E-state index is 11.6. The molecule has 0 bridgehead atoms. The maximum atomic E-state index is 11.6. The van der Waals surface area contributed by atoms with Crippen LogP contribution in [0.2, 0.25) is 0 Å². The Hall–Kier alpha value is -2.35. The number of hydrogen-bond donors (Lipinski definition) is 1. The van der Waals surface area contributed by atoms with Crippen LogP contribution < -0.4 is 10.2 Å². The molecule has 0 heterocycles. The van der Waals surface area contributed by atoms with Gasteiger partial charge in [-0.15, -0.1) is 0 Å². The first-order chi connectivity index (χ1) is 8.56. The van der Waals surface area contributed by atoms with Gasteiger partial charge in [0, 0.05) is 26.9 Å². The van der Waals surface area contributed by atoms with Crippen LogP contribution in [0.1, 0.15) is 19.4 Å². The number of rotatable bonds is 4. The second kappa shape index (κ2) is 6.40. The first-order valence-corrected chi connectivity index (χ1v) is 5.58. The molecule has 0 aliphatic carbocycles. The van der Waals surface area contributed by atoms with Gasteiger partial charge in [-0.05, 0) is 12.1 Å². The van der Waals surface area contributed by atoms with E-state index in [1.807, 2.05) is 6.07 Å². The van der Waals surface area contributed by atoms with Crippen LogP contribution >= 0.6 is 0 Å². The molecule has 0 fully saturated rings. The van der Waals surface area contributed by atoms with Crippen molar-refractivity contribution in [3.63, 3.8) is 0 Å². The van der Waals surface area contributed by atoms with Crippen LogP contribution in [0, 0.1) is 11.3 Å². The van der Waals surface area contributed by atoms with Crippen molar-refractivity contribution in [3.05, 3.63) is 29.8 Å². The number of carbonyl (C=O) groups excluding carboxylic acids is 2. The SMILES string of the molecule is CC(=O)NCCN(C(C)=O)c1ccccc1C#N. The van der Waals surface area contributed by atoms with Crippen LogP contribution in [0.3, 0.4) is 0 Å². The number of benzene rings is 1. The molecule has 1 N–H and O–H groups in total. The standard InChI is InChI=1S/C13H15N3O2/c1-10(17)15-7-8-16(11(2)18)13-6-4-3-5-12(13)9-14/h3-6H,7-8H2,1-2H3,(H,15,17). The van der Waals surface area contributed by atoms with Crippen LogP contribution in [0.4, 0.5) is 5.69 Å². The lowest BCUT2D eigenvalue weighted by Crippen LogP contribution is -2.37. The lowest BCUT2D eigenvalue weighted by Gasteiger charge is -2.22. The van der Waals surface area contributed by atoms with E-state index < -0.39 is 0 Å². The van der Waals surface area contributed by atoms with Gasteiger partial charge in [0.2, 0.25) is 11.8 Å². The van der Waals surface area contributed by atoms with Gasteiger partial charge in [0.25, 0.3) is 0 Å². The van der Waals surface area contributed by atoms with Gasteiger partial charge >= 0.3 is 0 Å². The normalized spacial score (nSPS) is 9.39. The molecule has 0 saturated carbocycles. The molecular weight excluding hydrogens is 230 g/mol. The highest BCUT2D eigenvalue weighted by molar-refractivity contribution is 5.93. The highest BCUT2D eigenvalue weighted by atomic mass is 16.2. The number of amides is 2. The third-order valence-electron chi connectivity index (χ3n) is 2.40. The van der Waals surface area contributed by atoms with E-state index in [0.717, 1.165) is 0 Å². The number of nitriles is 1. The summed E-state index contributed by atoms with van der Waals surface area (Å²) in [6.45, 7) is 3.55. The van der Waals surface area contributed by atoms with E-state index >= 15 is 0 Å². The van der Waals surface area contributed by atoms with Crippen LogP contribution in [0.25, 0.3) is 0 Å². The Morgan fingerprint density at radius 3 is 2.56 bits per heavy atom. The van der Waals surface area contributed by atoms with Crippen molar-refractivity contribution in [2.75, 3.05) is 18.0 Å². The molecule has 0 aromatic heterocycles. The molecule has 5 nitrogen and oxygen atoms in total. The Bertz CT molecular complexity index is 491. The molecule has 0 spiro atoms. The van der Waals surface area contributed by atoms with Gasteiger partial charge in [-0.2, -0.15) is 5.26 Å². The van der Waals surface area contributed by atoms with Crippen molar-refractivity contribution in [1.29, 1.82) is 5.26 Å². The summed E-state index contributed by atoms with van der Waals surface area (Å²) in [6.07, 6.45) is 0. The summed E-state index contributed by atoms with van der Waals surface area (Å²) in [5, 5.41) is 11.6. The lowest BCUT2D eigenvalue weighted by molar-refractivity contribution is -0.119. The second-order valence-corrected chi connectivity index (χ2v) is 3.78. The fourth-order valence-electron chi connectivity index (χ4n) is 1.59.